The summed E-state index contributed by atoms with van der Waals surface area (Å²) in [6.45, 7) is 0. The van der Waals surface area contributed by atoms with Gasteiger partial charge in [-0.3, -0.25) is 0 Å². The molecule has 1 heterocycles. The van der Waals surface area contributed by atoms with Crippen molar-refractivity contribution in [3.63, 3.8) is 0 Å². The van der Waals surface area contributed by atoms with Crippen molar-refractivity contribution in [1.82, 2.24) is 4.98 Å². The van der Waals surface area contributed by atoms with Crippen LogP contribution >= 0.6 is 11.3 Å². The summed E-state index contributed by atoms with van der Waals surface area (Å²) >= 11 is 1.59. The number of aromatic nitrogens is 1. The Labute approximate surface area is 136 Å². The fourth-order valence-electron chi connectivity index (χ4n) is 2.53. The molecule has 0 unspecified atom stereocenters. The summed E-state index contributed by atoms with van der Waals surface area (Å²) in [5.74, 6) is -0.928. The lowest BCUT2D eigenvalue weighted by Gasteiger charge is -2.02. The number of fused-ring (bicyclic) bond motifs is 3. The van der Waals surface area contributed by atoms with E-state index >= 15 is 0 Å². The number of anilines is 2. The zero-order chi connectivity index (χ0) is 15.8. The maximum absolute atomic E-state index is 10.9. The molecule has 0 saturated heterocycles. The minimum absolute atomic E-state index is 0.269. The van der Waals surface area contributed by atoms with E-state index in [1.54, 1.807) is 35.6 Å². The number of carboxylic acids is 1. The summed E-state index contributed by atoms with van der Waals surface area (Å²) in [5, 5.41) is 15.3. The molecule has 0 aliphatic rings. The van der Waals surface area contributed by atoms with Crippen molar-refractivity contribution >= 4 is 49.1 Å². The second-order valence-corrected chi connectivity index (χ2v) is 6.16. The van der Waals surface area contributed by atoms with Gasteiger partial charge in [-0.2, -0.15) is 0 Å². The average Bonchev–Trinajstić information content (AvgIpc) is 2.98. The fraction of sp³-hybridized carbons (Fsp3) is 0. The smallest absolute Gasteiger partial charge is 0.335 e. The molecule has 1 aromatic heterocycles. The molecule has 0 aliphatic carbocycles. The molecule has 4 nitrogen and oxygen atoms in total. The highest BCUT2D eigenvalue weighted by Crippen LogP contribution is 2.33. The Morgan fingerprint density at radius 3 is 2.57 bits per heavy atom. The number of thiazole rings is 1. The van der Waals surface area contributed by atoms with Crippen LogP contribution < -0.4 is 5.32 Å². The van der Waals surface area contributed by atoms with Gasteiger partial charge in [0.1, 0.15) is 0 Å². The van der Waals surface area contributed by atoms with E-state index in [0.717, 1.165) is 21.0 Å². The van der Waals surface area contributed by atoms with Gasteiger partial charge >= 0.3 is 5.97 Å². The topological polar surface area (TPSA) is 62.2 Å². The highest BCUT2D eigenvalue weighted by Gasteiger charge is 2.08. The molecule has 4 aromatic rings. The van der Waals surface area contributed by atoms with Gasteiger partial charge in [0, 0.05) is 11.1 Å². The third-order valence-corrected chi connectivity index (χ3v) is 4.68. The number of carbonyl (C=O) groups is 1. The summed E-state index contributed by atoms with van der Waals surface area (Å²) < 4.78 is 1.15. The van der Waals surface area contributed by atoms with Gasteiger partial charge in [-0.05, 0) is 35.7 Å². The molecule has 0 saturated carbocycles. The summed E-state index contributed by atoms with van der Waals surface area (Å²) in [7, 11) is 0. The van der Waals surface area contributed by atoms with Crippen LogP contribution in [0.15, 0.2) is 60.7 Å². The van der Waals surface area contributed by atoms with E-state index in [1.165, 1.54) is 10.8 Å². The molecule has 0 fully saturated rings. The lowest BCUT2D eigenvalue weighted by atomic mass is 10.1. The van der Waals surface area contributed by atoms with Gasteiger partial charge in [0.15, 0.2) is 5.13 Å². The molecule has 0 spiro atoms. The molecule has 0 atom stereocenters. The van der Waals surface area contributed by atoms with Crippen LogP contribution in [0, 0.1) is 0 Å². The number of hydrogen-bond donors (Lipinski definition) is 2. The largest absolute Gasteiger partial charge is 0.478 e. The van der Waals surface area contributed by atoms with Crippen LogP contribution in [0.25, 0.3) is 21.0 Å². The molecule has 0 bridgehead atoms. The van der Waals surface area contributed by atoms with Gasteiger partial charge in [0.25, 0.3) is 0 Å². The number of nitrogens with zero attached hydrogens (tertiary/aromatic N) is 1. The molecular weight excluding hydrogens is 308 g/mol. The Morgan fingerprint density at radius 2 is 1.78 bits per heavy atom. The fourth-order valence-corrected chi connectivity index (χ4v) is 3.55. The first-order chi connectivity index (χ1) is 11.2. The Hall–Kier alpha value is -2.92. The maximum atomic E-state index is 10.9. The first-order valence-corrected chi connectivity index (χ1v) is 7.91. The second kappa shape index (κ2) is 5.37. The van der Waals surface area contributed by atoms with E-state index in [0.29, 0.717) is 0 Å². The van der Waals surface area contributed by atoms with Crippen molar-refractivity contribution < 1.29 is 9.90 Å². The van der Waals surface area contributed by atoms with Crippen molar-refractivity contribution in [3.05, 3.63) is 66.2 Å². The number of hydrogen-bond acceptors (Lipinski definition) is 4. The third-order valence-electron chi connectivity index (χ3n) is 3.66. The normalized spacial score (nSPS) is 11.0. The van der Waals surface area contributed by atoms with Crippen molar-refractivity contribution in [2.45, 2.75) is 0 Å². The van der Waals surface area contributed by atoms with Crippen LogP contribution in [0.1, 0.15) is 10.4 Å². The predicted octanol–water partition coefficient (Wildman–Crippen LogP) is 4.89. The maximum Gasteiger partial charge on any atom is 0.335 e. The van der Waals surface area contributed by atoms with Crippen LogP contribution in [0.4, 0.5) is 10.8 Å². The molecule has 112 valence electrons. The number of carboxylic acid groups (broad SMARTS) is 1. The van der Waals surface area contributed by atoms with Crippen LogP contribution in [-0.2, 0) is 0 Å². The minimum Gasteiger partial charge on any atom is -0.478 e. The first-order valence-electron chi connectivity index (χ1n) is 7.09. The Bertz CT molecular complexity index is 1020. The van der Waals surface area contributed by atoms with Crippen molar-refractivity contribution in [2.75, 3.05) is 5.32 Å². The summed E-state index contributed by atoms with van der Waals surface area (Å²) in [6.07, 6.45) is 0. The molecule has 0 aliphatic heterocycles. The van der Waals surface area contributed by atoms with Gasteiger partial charge in [0.05, 0.1) is 15.8 Å². The Balaban J connectivity index is 1.72. The van der Waals surface area contributed by atoms with E-state index in [9.17, 15) is 4.79 Å². The van der Waals surface area contributed by atoms with E-state index < -0.39 is 5.97 Å². The summed E-state index contributed by atoms with van der Waals surface area (Å²) in [4.78, 5) is 15.5. The van der Waals surface area contributed by atoms with Gasteiger partial charge in [-0.1, -0.05) is 41.7 Å². The van der Waals surface area contributed by atoms with Crippen LogP contribution in [0.3, 0.4) is 0 Å². The molecule has 0 radical (unpaired) electrons. The molecule has 5 heteroatoms. The van der Waals surface area contributed by atoms with E-state index in [1.807, 2.05) is 18.2 Å². The summed E-state index contributed by atoms with van der Waals surface area (Å²) in [5.41, 5.74) is 2.04. The van der Waals surface area contributed by atoms with Crippen molar-refractivity contribution in [1.29, 1.82) is 0 Å². The molecule has 23 heavy (non-hydrogen) atoms. The lowest BCUT2D eigenvalue weighted by Crippen LogP contribution is -1.96. The molecule has 3 aromatic carbocycles. The zero-order valence-electron chi connectivity index (χ0n) is 12.0. The number of aromatic carboxylic acids is 1. The minimum atomic E-state index is -0.928. The number of benzene rings is 3. The van der Waals surface area contributed by atoms with Gasteiger partial charge < -0.3 is 10.4 Å². The lowest BCUT2D eigenvalue weighted by molar-refractivity contribution is 0.0697. The summed E-state index contributed by atoms with van der Waals surface area (Å²) in [6, 6.07) is 19.0. The van der Waals surface area contributed by atoms with Gasteiger partial charge in [-0.25, -0.2) is 9.78 Å². The standard InChI is InChI=1S/C18H12N2O2S/c21-17(22)12-5-8-13(9-6-12)19-18-20-15-10-7-11-3-1-2-4-14(11)16(15)23-18/h1-10H,(H,19,20)(H,21,22). The Morgan fingerprint density at radius 1 is 1.00 bits per heavy atom. The van der Waals surface area contributed by atoms with Gasteiger partial charge in [0.2, 0.25) is 0 Å². The molecule has 2 N–H and O–H groups in total. The van der Waals surface area contributed by atoms with E-state index in [4.69, 9.17) is 5.11 Å². The molecular formula is C18H12N2O2S. The molecule has 4 rings (SSSR count). The highest BCUT2D eigenvalue weighted by molar-refractivity contribution is 7.23. The van der Waals surface area contributed by atoms with Crippen LogP contribution in [-0.4, -0.2) is 16.1 Å². The van der Waals surface area contributed by atoms with E-state index in [2.05, 4.69) is 28.5 Å². The zero-order valence-corrected chi connectivity index (χ0v) is 12.8. The quantitative estimate of drug-likeness (QED) is 0.564. The number of nitrogens with one attached hydrogen (secondary N) is 1. The van der Waals surface area contributed by atoms with Crippen LogP contribution in [0.2, 0.25) is 0 Å². The van der Waals surface area contributed by atoms with Crippen molar-refractivity contribution in [2.24, 2.45) is 0 Å². The first kappa shape index (κ1) is 13.7. The second-order valence-electron chi connectivity index (χ2n) is 5.16. The van der Waals surface area contributed by atoms with Crippen molar-refractivity contribution in [3.8, 4) is 0 Å². The monoisotopic (exact) mass is 320 g/mol. The SMILES string of the molecule is O=C(O)c1ccc(Nc2nc3ccc4ccccc4c3s2)cc1. The third kappa shape index (κ3) is 2.51. The van der Waals surface area contributed by atoms with Gasteiger partial charge in [-0.15, -0.1) is 0 Å². The van der Waals surface area contributed by atoms with E-state index in [-0.39, 0.29) is 5.56 Å². The highest BCUT2D eigenvalue weighted by atomic mass is 32.1. The Kier molecular flexibility index (Phi) is 3.20. The number of rotatable bonds is 3. The molecule has 0 amide bonds. The van der Waals surface area contributed by atoms with Crippen LogP contribution in [0.5, 0.6) is 0 Å². The predicted molar refractivity (Wildman–Crippen MR) is 93.8 cm³/mol. The average molecular weight is 320 g/mol.